The van der Waals surface area contributed by atoms with Crippen molar-refractivity contribution in [2.45, 2.75) is 6.42 Å². The topological polar surface area (TPSA) is 51.8 Å². The Morgan fingerprint density at radius 1 is 1.20 bits per heavy atom. The van der Waals surface area contributed by atoms with E-state index in [0.29, 0.717) is 6.42 Å². The maximum atomic E-state index is 5.82. The van der Waals surface area contributed by atoms with Gasteiger partial charge in [-0.15, -0.1) is 0 Å². The fourth-order valence-corrected chi connectivity index (χ4v) is 1.53. The highest BCUT2D eigenvalue weighted by Crippen LogP contribution is 2.14. The van der Waals surface area contributed by atoms with E-state index in [4.69, 9.17) is 5.73 Å². The van der Waals surface area contributed by atoms with E-state index in [9.17, 15) is 0 Å². The summed E-state index contributed by atoms with van der Waals surface area (Å²) < 4.78 is 0.977. The van der Waals surface area contributed by atoms with Crippen molar-refractivity contribution in [3.63, 3.8) is 0 Å². The molecule has 2 aromatic rings. The second-order valence-corrected chi connectivity index (χ2v) is 4.13. The van der Waals surface area contributed by atoms with E-state index in [1.165, 1.54) is 0 Å². The molecule has 0 aliphatic carbocycles. The van der Waals surface area contributed by atoms with Gasteiger partial charge in [-0.05, 0) is 39.7 Å². The van der Waals surface area contributed by atoms with Gasteiger partial charge in [-0.1, -0.05) is 0 Å². The van der Waals surface area contributed by atoms with Crippen molar-refractivity contribution in [2.75, 3.05) is 5.73 Å². The van der Waals surface area contributed by atoms with Gasteiger partial charge in [-0.2, -0.15) is 0 Å². The number of nitrogens with two attached hydrogens (primary N) is 1. The minimum atomic E-state index is 0.715. The van der Waals surface area contributed by atoms with Crippen LogP contribution in [-0.2, 0) is 6.42 Å². The second kappa shape index (κ2) is 4.40. The molecule has 2 N–H and O–H groups in total. The molecule has 0 aromatic carbocycles. The van der Waals surface area contributed by atoms with Crippen LogP contribution in [0.5, 0.6) is 0 Å². The minimum absolute atomic E-state index is 0.715. The lowest BCUT2D eigenvalue weighted by molar-refractivity contribution is 1.06. The lowest BCUT2D eigenvalue weighted by atomic mass is 10.1. The number of hydrogen-bond donors (Lipinski definition) is 1. The zero-order valence-corrected chi connectivity index (χ0v) is 9.61. The molecule has 0 spiro atoms. The van der Waals surface area contributed by atoms with Gasteiger partial charge in [0.15, 0.2) is 0 Å². The fraction of sp³-hybridized carbons (Fsp3) is 0.0909. The third-order valence-electron chi connectivity index (χ3n) is 2.10. The molecule has 0 fully saturated rings. The molecule has 0 radical (unpaired) electrons. The van der Waals surface area contributed by atoms with Crippen LogP contribution in [-0.4, -0.2) is 9.97 Å². The standard InChI is InChI=1S/C11H10BrN3/c12-9-1-2-10(15-7-9)5-8-6-14-4-3-11(8)13/h1-4,6-7H,5H2,(H2,13,14). The lowest BCUT2D eigenvalue weighted by Crippen LogP contribution is -1.97. The summed E-state index contributed by atoms with van der Waals surface area (Å²) >= 11 is 3.35. The molecule has 0 saturated carbocycles. The summed E-state index contributed by atoms with van der Waals surface area (Å²) in [7, 11) is 0. The average Bonchev–Trinajstić information content (AvgIpc) is 2.25. The predicted molar refractivity (Wildman–Crippen MR) is 63.4 cm³/mol. The molecule has 0 amide bonds. The van der Waals surface area contributed by atoms with Crippen LogP contribution in [0.2, 0.25) is 0 Å². The molecule has 4 heteroatoms. The lowest BCUT2D eigenvalue weighted by Gasteiger charge is -2.03. The first-order valence-electron chi connectivity index (χ1n) is 4.54. The Kier molecular flexibility index (Phi) is 2.97. The zero-order chi connectivity index (χ0) is 10.7. The Bertz CT molecular complexity index is 454. The number of hydrogen-bond acceptors (Lipinski definition) is 3. The summed E-state index contributed by atoms with van der Waals surface area (Å²) in [6, 6.07) is 5.74. The quantitative estimate of drug-likeness (QED) is 0.906. The Morgan fingerprint density at radius 3 is 2.73 bits per heavy atom. The SMILES string of the molecule is Nc1ccncc1Cc1ccc(Br)cn1. The molecule has 0 saturated heterocycles. The van der Waals surface area contributed by atoms with Crippen LogP contribution in [0.3, 0.4) is 0 Å². The van der Waals surface area contributed by atoms with Gasteiger partial charge in [0.25, 0.3) is 0 Å². The van der Waals surface area contributed by atoms with Crippen molar-refractivity contribution in [3.05, 3.63) is 52.5 Å². The highest BCUT2D eigenvalue weighted by Gasteiger charge is 2.01. The van der Waals surface area contributed by atoms with Gasteiger partial charge in [-0.3, -0.25) is 9.97 Å². The summed E-state index contributed by atoms with van der Waals surface area (Å²) in [5.41, 5.74) is 8.57. The van der Waals surface area contributed by atoms with E-state index in [1.54, 1.807) is 24.7 Å². The van der Waals surface area contributed by atoms with Crippen LogP contribution in [0.4, 0.5) is 5.69 Å². The average molecular weight is 264 g/mol. The summed E-state index contributed by atoms with van der Waals surface area (Å²) in [6.45, 7) is 0. The molecule has 0 atom stereocenters. The zero-order valence-electron chi connectivity index (χ0n) is 8.02. The highest BCUT2D eigenvalue weighted by molar-refractivity contribution is 9.10. The predicted octanol–water partition coefficient (Wildman–Crippen LogP) is 2.41. The molecule has 3 nitrogen and oxygen atoms in total. The Morgan fingerprint density at radius 2 is 2.07 bits per heavy atom. The summed E-state index contributed by atoms with van der Waals surface area (Å²) in [4.78, 5) is 8.33. The van der Waals surface area contributed by atoms with Crippen molar-refractivity contribution >= 4 is 21.6 Å². The monoisotopic (exact) mass is 263 g/mol. The van der Waals surface area contributed by atoms with Crippen LogP contribution >= 0.6 is 15.9 Å². The number of aromatic nitrogens is 2. The number of pyridine rings is 2. The third kappa shape index (κ3) is 2.53. The van der Waals surface area contributed by atoms with Crippen LogP contribution in [0.25, 0.3) is 0 Å². The van der Waals surface area contributed by atoms with E-state index >= 15 is 0 Å². The van der Waals surface area contributed by atoms with Crippen molar-refractivity contribution in [2.24, 2.45) is 0 Å². The van der Waals surface area contributed by atoms with Gasteiger partial charge in [0.05, 0.1) is 0 Å². The molecule has 0 aliphatic rings. The van der Waals surface area contributed by atoms with Crippen LogP contribution < -0.4 is 5.73 Å². The first-order valence-corrected chi connectivity index (χ1v) is 5.34. The second-order valence-electron chi connectivity index (χ2n) is 3.22. The molecular weight excluding hydrogens is 254 g/mol. The largest absolute Gasteiger partial charge is 0.398 e. The van der Waals surface area contributed by atoms with Crippen LogP contribution in [0.1, 0.15) is 11.3 Å². The van der Waals surface area contributed by atoms with Crippen molar-refractivity contribution in [1.29, 1.82) is 0 Å². The molecule has 76 valence electrons. The molecule has 0 aliphatic heterocycles. The summed E-state index contributed by atoms with van der Waals surface area (Å²) in [6.07, 6.45) is 5.96. The molecular formula is C11H10BrN3. The van der Waals surface area contributed by atoms with Gasteiger partial charge in [-0.25, -0.2) is 0 Å². The van der Waals surface area contributed by atoms with Crippen molar-refractivity contribution < 1.29 is 0 Å². The van der Waals surface area contributed by atoms with Gasteiger partial charge in [0.2, 0.25) is 0 Å². The van der Waals surface area contributed by atoms with Gasteiger partial charge < -0.3 is 5.73 Å². The normalized spacial score (nSPS) is 10.2. The highest BCUT2D eigenvalue weighted by atomic mass is 79.9. The number of rotatable bonds is 2. The Balaban J connectivity index is 2.22. The fourth-order valence-electron chi connectivity index (χ4n) is 1.29. The maximum Gasteiger partial charge on any atom is 0.0449 e. The van der Waals surface area contributed by atoms with Crippen molar-refractivity contribution in [3.8, 4) is 0 Å². The van der Waals surface area contributed by atoms with Gasteiger partial charge in [0.1, 0.15) is 0 Å². The number of anilines is 1. The summed E-state index contributed by atoms with van der Waals surface area (Å²) in [5, 5.41) is 0. The molecule has 15 heavy (non-hydrogen) atoms. The number of halogens is 1. The molecule has 2 aromatic heterocycles. The molecule has 2 heterocycles. The number of nitrogens with zero attached hydrogens (tertiary/aromatic N) is 2. The van der Waals surface area contributed by atoms with Crippen LogP contribution in [0, 0.1) is 0 Å². The van der Waals surface area contributed by atoms with E-state index in [-0.39, 0.29) is 0 Å². The number of nitrogen functional groups attached to an aromatic ring is 1. The molecule has 2 rings (SSSR count). The van der Waals surface area contributed by atoms with E-state index in [1.807, 2.05) is 12.1 Å². The first kappa shape index (κ1) is 10.1. The molecule has 0 bridgehead atoms. The van der Waals surface area contributed by atoms with Gasteiger partial charge >= 0.3 is 0 Å². The summed E-state index contributed by atoms with van der Waals surface area (Å²) in [5.74, 6) is 0. The Hall–Kier alpha value is -1.42. The van der Waals surface area contributed by atoms with E-state index in [0.717, 1.165) is 21.4 Å². The van der Waals surface area contributed by atoms with Crippen molar-refractivity contribution in [1.82, 2.24) is 9.97 Å². The Labute approximate surface area is 96.5 Å². The minimum Gasteiger partial charge on any atom is -0.398 e. The van der Waals surface area contributed by atoms with Crippen LogP contribution in [0.15, 0.2) is 41.3 Å². The maximum absolute atomic E-state index is 5.82. The first-order chi connectivity index (χ1) is 7.25. The van der Waals surface area contributed by atoms with E-state index in [2.05, 4.69) is 25.9 Å². The smallest absolute Gasteiger partial charge is 0.0449 e. The molecule has 0 unspecified atom stereocenters. The van der Waals surface area contributed by atoms with E-state index < -0.39 is 0 Å². The van der Waals surface area contributed by atoms with Gasteiger partial charge in [0, 0.05) is 40.9 Å². The third-order valence-corrected chi connectivity index (χ3v) is 2.57.